The molecular formula is C20H28N2O2. The molecule has 1 amide bonds. The number of hydrogen-bond acceptors (Lipinski definition) is 3. The van der Waals surface area contributed by atoms with Crippen LogP contribution in [0.3, 0.4) is 0 Å². The molecule has 0 spiro atoms. The van der Waals surface area contributed by atoms with Gasteiger partial charge >= 0.3 is 0 Å². The molecule has 4 nitrogen and oxygen atoms in total. The lowest BCUT2D eigenvalue weighted by Gasteiger charge is -2.37. The monoisotopic (exact) mass is 328 g/mol. The molecular weight excluding hydrogens is 300 g/mol. The number of benzene rings is 1. The van der Waals surface area contributed by atoms with Gasteiger partial charge < -0.3 is 15.3 Å². The van der Waals surface area contributed by atoms with Crippen molar-refractivity contribution in [1.82, 2.24) is 10.2 Å². The molecule has 1 aromatic rings. The fraction of sp³-hybridized carbons (Fsp3) is 0.650. The van der Waals surface area contributed by atoms with Crippen LogP contribution in [0.2, 0.25) is 0 Å². The lowest BCUT2D eigenvalue weighted by molar-refractivity contribution is -0.159. The average Bonchev–Trinajstić information content (AvgIpc) is 3.07. The molecule has 2 unspecified atom stereocenters. The molecule has 0 bridgehead atoms. The molecule has 4 heteroatoms. The Bertz CT molecular complexity index is 587. The Balaban J connectivity index is 1.55. The van der Waals surface area contributed by atoms with E-state index in [0.29, 0.717) is 11.8 Å². The van der Waals surface area contributed by atoms with E-state index in [-0.39, 0.29) is 11.8 Å². The van der Waals surface area contributed by atoms with Crippen molar-refractivity contribution in [2.75, 3.05) is 26.7 Å². The van der Waals surface area contributed by atoms with Gasteiger partial charge in [-0.3, -0.25) is 4.79 Å². The second-order valence-corrected chi connectivity index (χ2v) is 7.87. The fourth-order valence-corrected chi connectivity index (χ4v) is 5.16. The van der Waals surface area contributed by atoms with Gasteiger partial charge in [-0.05, 0) is 49.8 Å². The molecule has 3 fully saturated rings. The van der Waals surface area contributed by atoms with Crippen molar-refractivity contribution in [1.29, 1.82) is 0 Å². The number of likely N-dealkylation sites (tertiary alicyclic amines) is 1. The topological polar surface area (TPSA) is 52.6 Å². The standard InChI is InChI=1S/C20H28N2O2/c1-21-11-16-17-12-22(13-18(16)17)19(23)20(24,15-9-5-6-10-15)14-7-3-2-4-8-14/h2-4,7-8,15-18,21,24H,5-6,9-13H2,1H3/t16?,17?,18?,20-/m1/s1. The number of carbonyl (C=O) groups excluding carboxylic acids is 1. The summed E-state index contributed by atoms with van der Waals surface area (Å²) in [5, 5.41) is 14.8. The van der Waals surface area contributed by atoms with Crippen LogP contribution in [0.15, 0.2) is 30.3 Å². The Hall–Kier alpha value is -1.39. The smallest absolute Gasteiger partial charge is 0.259 e. The number of nitrogens with zero attached hydrogens (tertiary/aromatic N) is 1. The van der Waals surface area contributed by atoms with E-state index in [1.165, 1.54) is 0 Å². The summed E-state index contributed by atoms with van der Waals surface area (Å²) in [5.41, 5.74) is -0.568. The zero-order chi connectivity index (χ0) is 16.7. The molecule has 1 heterocycles. The molecule has 1 aliphatic heterocycles. The highest BCUT2D eigenvalue weighted by Crippen LogP contribution is 2.52. The molecule has 4 rings (SSSR count). The summed E-state index contributed by atoms with van der Waals surface area (Å²) >= 11 is 0. The summed E-state index contributed by atoms with van der Waals surface area (Å²) in [5.74, 6) is 1.97. The second-order valence-electron chi connectivity index (χ2n) is 7.87. The molecule has 0 radical (unpaired) electrons. The molecule has 3 aliphatic rings. The molecule has 1 saturated heterocycles. The molecule has 1 aromatic carbocycles. The quantitative estimate of drug-likeness (QED) is 0.869. The third-order valence-corrected chi connectivity index (χ3v) is 6.58. The van der Waals surface area contributed by atoms with Crippen LogP contribution in [-0.4, -0.2) is 42.6 Å². The number of hydrogen-bond donors (Lipinski definition) is 2. The van der Waals surface area contributed by atoms with Gasteiger partial charge in [0.1, 0.15) is 0 Å². The molecule has 3 atom stereocenters. The van der Waals surface area contributed by atoms with Crippen molar-refractivity contribution in [3.05, 3.63) is 35.9 Å². The second kappa shape index (κ2) is 6.16. The average molecular weight is 328 g/mol. The molecule has 24 heavy (non-hydrogen) atoms. The van der Waals surface area contributed by atoms with E-state index in [1.807, 2.05) is 42.3 Å². The zero-order valence-electron chi connectivity index (χ0n) is 14.4. The van der Waals surface area contributed by atoms with E-state index in [2.05, 4.69) is 5.32 Å². The Labute approximate surface area is 144 Å². The van der Waals surface area contributed by atoms with E-state index in [0.717, 1.165) is 56.8 Å². The maximum Gasteiger partial charge on any atom is 0.259 e. The number of piperidine rings is 1. The largest absolute Gasteiger partial charge is 0.375 e. The highest BCUT2D eigenvalue weighted by molar-refractivity contribution is 5.87. The van der Waals surface area contributed by atoms with Crippen LogP contribution in [-0.2, 0) is 10.4 Å². The van der Waals surface area contributed by atoms with Gasteiger partial charge in [0.15, 0.2) is 5.60 Å². The Morgan fingerprint density at radius 3 is 2.42 bits per heavy atom. The number of amides is 1. The molecule has 130 valence electrons. The van der Waals surface area contributed by atoms with Crippen LogP contribution < -0.4 is 5.32 Å². The van der Waals surface area contributed by atoms with E-state index in [1.54, 1.807) is 0 Å². The minimum absolute atomic E-state index is 0.0532. The molecule has 2 N–H and O–H groups in total. The van der Waals surface area contributed by atoms with Gasteiger partial charge in [0.05, 0.1) is 0 Å². The summed E-state index contributed by atoms with van der Waals surface area (Å²) in [7, 11) is 1.99. The first-order valence-electron chi connectivity index (χ1n) is 9.38. The van der Waals surface area contributed by atoms with E-state index in [9.17, 15) is 9.90 Å². The van der Waals surface area contributed by atoms with E-state index < -0.39 is 5.60 Å². The summed E-state index contributed by atoms with van der Waals surface area (Å²) in [6.45, 7) is 2.68. The van der Waals surface area contributed by atoms with E-state index in [4.69, 9.17) is 0 Å². The van der Waals surface area contributed by atoms with Gasteiger partial charge in [0, 0.05) is 19.0 Å². The Morgan fingerprint density at radius 1 is 1.21 bits per heavy atom. The van der Waals surface area contributed by atoms with Gasteiger partial charge in [0.25, 0.3) is 5.91 Å². The van der Waals surface area contributed by atoms with Crippen molar-refractivity contribution in [3.8, 4) is 0 Å². The normalized spacial score (nSPS) is 31.8. The summed E-state index contributed by atoms with van der Waals surface area (Å²) in [6, 6.07) is 9.62. The maximum atomic E-state index is 13.3. The van der Waals surface area contributed by atoms with Crippen LogP contribution in [0.4, 0.5) is 0 Å². The molecule has 0 aromatic heterocycles. The van der Waals surface area contributed by atoms with Crippen LogP contribution >= 0.6 is 0 Å². The zero-order valence-corrected chi connectivity index (χ0v) is 14.4. The summed E-state index contributed by atoms with van der Waals surface area (Å²) in [6.07, 6.45) is 4.12. The Morgan fingerprint density at radius 2 is 1.83 bits per heavy atom. The number of carbonyl (C=O) groups is 1. The summed E-state index contributed by atoms with van der Waals surface area (Å²) < 4.78 is 0. The van der Waals surface area contributed by atoms with Gasteiger partial charge in [-0.25, -0.2) is 0 Å². The first-order valence-corrected chi connectivity index (χ1v) is 9.38. The van der Waals surface area contributed by atoms with Crippen LogP contribution in [0.5, 0.6) is 0 Å². The van der Waals surface area contributed by atoms with Crippen molar-refractivity contribution < 1.29 is 9.90 Å². The third kappa shape index (κ3) is 2.47. The predicted octanol–water partition coefficient (Wildman–Crippen LogP) is 1.99. The van der Waals surface area contributed by atoms with Crippen LogP contribution in [0.1, 0.15) is 31.2 Å². The minimum atomic E-state index is -1.34. The number of aliphatic hydroxyl groups is 1. The van der Waals surface area contributed by atoms with Gasteiger partial charge in [-0.2, -0.15) is 0 Å². The van der Waals surface area contributed by atoms with Crippen molar-refractivity contribution in [2.24, 2.45) is 23.7 Å². The highest BCUT2D eigenvalue weighted by atomic mass is 16.3. The summed E-state index contributed by atoms with van der Waals surface area (Å²) in [4.78, 5) is 15.3. The van der Waals surface area contributed by atoms with Crippen molar-refractivity contribution in [3.63, 3.8) is 0 Å². The SMILES string of the molecule is CNCC1C2CN(C(=O)[C@@](O)(c3ccccc3)C3CCCC3)CC12. The van der Waals surface area contributed by atoms with Crippen LogP contribution in [0.25, 0.3) is 0 Å². The molecule has 2 saturated carbocycles. The lowest BCUT2D eigenvalue weighted by Crippen LogP contribution is -2.51. The molecule has 2 aliphatic carbocycles. The number of fused-ring (bicyclic) bond motifs is 1. The van der Waals surface area contributed by atoms with Crippen LogP contribution in [0, 0.1) is 23.7 Å². The third-order valence-electron chi connectivity index (χ3n) is 6.58. The maximum absolute atomic E-state index is 13.3. The number of rotatable bonds is 5. The van der Waals surface area contributed by atoms with Gasteiger partial charge in [-0.15, -0.1) is 0 Å². The first kappa shape index (κ1) is 16.1. The number of nitrogens with one attached hydrogen (secondary N) is 1. The van der Waals surface area contributed by atoms with E-state index >= 15 is 0 Å². The minimum Gasteiger partial charge on any atom is -0.375 e. The Kier molecular flexibility index (Phi) is 4.13. The van der Waals surface area contributed by atoms with Gasteiger partial charge in [-0.1, -0.05) is 43.2 Å². The van der Waals surface area contributed by atoms with Crippen molar-refractivity contribution in [2.45, 2.75) is 31.3 Å². The van der Waals surface area contributed by atoms with Gasteiger partial charge in [0.2, 0.25) is 0 Å². The van der Waals surface area contributed by atoms with Crippen molar-refractivity contribution >= 4 is 5.91 Å². The lowest BCUT2D eigenvalue weighted by atomic mass is 9.79. The first-order chi connectivity index (χ1) is 11.7. The fourth-order valence-electron chi connectivity index (χ4n) is 5.16. The predicted molar refractivity (Wildman–Crippen MR) is 93.3 cm³/mol. The highest BCUT2D eigenvalue weighted by Gasteiger charge is 2.58.